The van der Waals surface area contributed by atoms with Gasteiger partial charge in [-0.05, 0) is 19.3 Å². The summed E-state index contributed by atoms with van der Waals surface area (Å²) < 4.78 is 29.6. The topological polar surface area (TPSA) is 90.0 Å². The van der Waals surface area contributed by atoms with Crippen LogP contribution in [0.3, 0.4) is 0 Å². The summed E-state index contributed by atoms with van der Waals surface area (Å²) in [6.45, 7) is 4.90. The van der Waals surface area contributed by atoms with Crippen molar-refractivity contribution in [3.8, 4) is 0 Å². The summed E-state index contributed by atoms with van der Waals surface area (Å²) in [5.74, 6) is 0.853. The predicted octanol–water partition coefficient (Wildman–Crippen LogP) is 1.05. The molecule has 6 nitrogen and oxygen atoms in total. The fourth-order valence-electron chi connectivity index (χ4n) is 2.51. The van der Waals surface area contributed by atoms with E-state index in [9.17, 15) is 8.42 Å². The maximum absolute atomic E-state index is 12.5. The Morgan fingerprint density at radius 3 is 2.65 bits per heavy atom. The van der Waals surface area contributed by atoms with Crippen LogP contribution in [-0.4, -0.2) is 30.1 Å². The second kappa shape index (κ2) is 6.43. The number of aromatic nitrogens is 2. The number of hydrogen-bond acceptors (Lipinski definition) is 4. The minimum absolute atomic E-state index is 0. The van der Waals surface area contributed by atoms with Crippen LogP contribution in [0.4, 0.5) is 0 Å². The SMILES string of the molecule is CCC(CC)(CN)NS(=O)(=O)c1cnc2n1CCC2.Cl. The minimum atomic E-state index is -3.57. The number of halogens is 1. The first-order valence-corrected chi connectivity index (χ1v) is 8.25. The van der Waals surface area contributed by atoms with Crippen LogP contribution in [0, 0.1) is 0 Å². The Morgan fingerprint density at radius 1 is 1.45 bits per heavy atom. The van der Waals surface area contributed by atoms with E-state index in [0.717, 1.165) is 25.2 Å². The number of aryl methyl sites for hydroxylation is 1. The molecule has 0 fully saturated rings. The van der Waals surface area contributed by atoms with Crippen LogP contribution in [0.15, 0.2) is 11.2 Å². The van der Waals surface area contributed by atoms with Gasteiger partial charge in [0.05, 0.1) is 6.20 Å². The average molecular weight is 323 g/mol. The van der Waals surface area contributed by atoms with Crippen LogP contribution in [-0.2, 0) is 23.0 Å². The summed E-state index contributed by atoms with van der Waals surface area (Å²) in [7, 11) is -3.57. The summed E-state index contributed by atoms with van der Waals surface area (Å²) in [4.78, 5) is 4.18. The van der Waals surface area contributed by atoms with E-state index in [-0.39, 0.29) is 17.4 Å². The van der Waals surface area contributed by atoms with E-state index >= 15 is 0 Å². The lowest BCUT2D eigenvalue weighted by atomic mass is 9.95. The van der Waals surface area contributed by atoms with Gasteiger partial charge in [0.25, 0.3) is 10.0 Å². The molecule has 0 aliphatic carbocycles. The lowest BCUT2D eigenvalue weighted by Gasteiger charge is -2.30. The first-order chi connectivity index (χ1) is 8.98. The van der Waals surface area contributed by atoms with Crippen molar-refractivity contribution in [2.75, 3.05) is 6.54 Å². The van der Waals surface area contributed by atoms with E-state index in [1.54, 1.807) is 4.57 Å². The highest BCUT2D eigenvalue weighted by atomic mass is 35.5. The van der Waals surface area contributed by atoms with E-state index < -0.39 is 15.6 Å². The summed E-state index contributed by atoms with van der Waals surface area (Å²) in [5.41, 5.74) is 5.19. The highest BCUT2D eigenvalue weighted by molar-refractivity contribution is 7.89. The smallest absolute Gasteiger partial charge is 0.258 e. The maximum atomic E-state index is 12.5. The Kier molecular flexibility index (Phi) is 5.60. The Labute approximate surface area is 126 Å². The zero-order chi connectivity index (χ0) is 14.1. The molecule has 0 spiro atoms. The van der Waals surface area contributed by atoms with Crippen molar-refractivity contribution in [3.63, 3.8) is 0 Å². The van der Waals surface area contributed by atoms with Crippen LogP contribution in [0.5, 0.6) is 0 Å². The molecule has 3 N–H and O–H groups in total. The summed E-state index contributed by atoms with van der Waals surface area (Å²) >= 11 is 0. The quantitative estimate of drug-likeness (QED) is 0.819. The van der Waals surface area contributed by atoms with Crippen molar-refractivity contribution in [1.29, 1.82) is 0 Å². The molecule has 116 valence electrons. The minimum Gasteiger partial charge on any atom is -0.329 e. The highest BCUT2D eigenvalue weighted by Gasteiger charge is 2.33. The molecule has 0 amide bonds. The standard InChI is InChI=1S/C12H22N4O2S.ClH/c1-3-12(4-2,9-13)15-19(17,18)11-8-14-10-6-5-7-16(10)11;/h8,15H,3-7,9,13H2,1-2H3;1H. The van der Waals surface area contributed by atoms with E-state index in [0.29, 0.717) is 19.4 Å². The van der Waals surface area contributed by atoms with Crippen LogP contribution in [0.2, 0.25) is 0 Å². The van der Waals surface area contributed by atoms with Crippen molar-refractivity contribution in [3.05, 3.63) is 12.0 Å². The van der Waals surface area contributed by atoms with Gasteiger partial charge >= 0.3 is 0 Å². The number of hydrogen-bond donors (Lipinski definition) is 2. The van der Waals surface area contributed by atoms with Gasteiger partial charge in [-0.25, -0.2) is 18.1 Å². The summed E-state index contributed by atoms with van der Waals surface area (Å²) in [6.07, 6.45) is 4.58. The van der Waals surface area contributed by atoms with Gasteiger partial charge in [0.2, 0.25) is 0 Å². The maximum Gasteiger partial charge on any atom is 0.258 e. The zero-order valence-electron chi connectivity index (χ0n) is 11.9. The molecule has 2 heterocycles. The Bertz CT molecular complexity index is 544. The van der Waals surface area contributed by atoms with Gasteiger partial charge < -0.3 is 10.3 Å². The highest BCUT2D eigenvalue weighted by Crippen LogP contribution is 2.23. The molecule has 20 heavy (non-hydrogen) atoms. The van der Waals surface area contributed by atoms with Crippen molar-refractivity contribution in [2.24, 2.45) is 5.73 Å². The number of imidazole rings is 1. The number of fused-ring (bicyclic) bond motifs is 1. The number of nitrogens with zero attached hydrogens (tertiary/aromatic N) is 2. The van der Waals surface area contributed by atoms with E-state index in [1.807, 2.05) is 13.8 Å². The molecule has 1 aromatic heterocycles. The molecule has 2 rings (SSSR count). The fraction of sp³-hybridized carbons (Fsp3) is 0.750. The van der Waals surface area contributed by atoms with Crippen LogP contribution in [0.25, 0.3) is 0 Å². The molecule has 0 atom stereocenters. The normalized spacial score (nSPS) is 14.9. The van der Waals surface area contributed by atoms with Gasteiger partial charge in [0.1, 0.15) is 5.82 Å². The third-order valence-electron chi connectivity index (χ3n) is 4.05. The van der Waals surface area contributed by atoms with Gasteiger partial charge in [0.15, 0.2) is 5.03 Å². The van der Waals surface area contributed by atoms with Crippen molar-refractivity contribution in [1.82, 2.24) is 14.3 Å². The van der Waals surface area contributed by atoms with Gasteiger partial charge in [-0.2, -0.15) is 0 Å². The van der Waals surface area contributed by atoms with Gasteiger partial charge in [-0.15, -0.1) is 12.4 Å². The van der Waals surface area contributed by atoms with Crippen LogP contribution >= 0.6 is 12.4 Å². The Balaban J connectivity index is 0.00000200. The average Bonchev–Trinajstić information content (AvgIpc) is 2.98. The molecule has 0 bridgehead atoms. The number of nitrogens with two attached hydrogens (primary N) is 1. The van der Waals surface area contributed by atoms with E-state index in [1.165, 1.54) is 6.20 Å². The second-order valence-corrected chi connectivity index (χ2v) is 6.69. The summed E-state index contributed by atoms with van der Waals surface area (Å²) in [6, 6.07) is 0. The largest absolute Gasteiger partial charge is 0.329 e. The third kappa shape index (κ3) is 3.00. The molecular formula is C12H23ClN4O2S. The third-order valence-corrected chi connectivity index (χ3v) is 5.63. The molecule has 0 saturated carbocycles. The van der Waals surface area contributed by atoms with Crippen molar-refractivity contribution in [2.45, 2.75) is 56.6 Å². The summed E-state index contributed by atoms with van der Waals surface area (Å²) in [5, 5.41) is 0.264. The lowest BCUT2D eigenvalue weighted by Crippen LogP contribution is -2.53. The van der Waals surface area contributed by atoms with E-state index in [2.05, 4.69) is 9.71 Å². The van der Waals surface area contributed by atoms with Crippen molar-refractivity contribution >= 4 is 22.4 Å². The van der Waals surface area contributed by atoms with Crippen LogP contribution in [0.1, 0.15) is 38.9 Å². The number of sulfonamides is 1. The molecule has 1 aliphatic rings. The zero-order valence-corrected chi connectivity index (χ0v) is 13.6. The molecule has 0 aromatic carbocycles. The molecule has 0 saturated heterocycles. The van der Waals surface area contributed by atoms with Crippen molar-refractivity contribution < 1.29 is 8.42 Å². The first-order valence-electron chi connectivity index (χ1n) is 6.76. The second-order valence-electron chi connectivity index (χ2n) is 5.06. The fourth-order valence-corrected chi connectivity index (χ4v) is 4.23. The Hall–Kier alpha value is -0.630. The molecule has 1 aromatic rings. The molecule has 8 heteroatoms. The van der Waals surface area contributed by atoms with Gasteiger partial charge in [-0.1, -0.05) is 13.8 Å². The van der Waals surface area contributed by atoms with Gasteiger partial charge in [0, 0.05) is 25.0 Å². The Morgan fingerprint density at radius 2 is 2.10 bits per heavy atom. The van der Waals surface area contributed by atoms with E-state index in [4.69, 9.17) is 5.73 Å². The van der Waals surface area contributed by atoms with Gasteiger partial charge in [-0.3, -0.25) is 0 Å². The number of rotatable bonds is 6. The molecule has 0 radical (unpaired) electrons. The monoisotopic (exact) mass is 322 g/mol. The molecule has 1 aliphatic heterocycles. The molecule has 0 unspecified atom stereocenters. The molecular weight excluding hydrogens is 300 g/mol. The number of nitrogens with one attached hydrogen (secondary N) is 1. The lowest BCUT2D eigenvalue weighted by molar-refractivity contribution is 0.362. The predicted molar refractivity (Wildman–Crippen MR) is 80.5 cm³/mol. The first kappa shape index (κ1) is 17.4. The van der Waals surface area contributed by atoms with Crippen LogP contribution < -0.4 is 10.5 Å².